The quantitative estimate of drug-likeness (QED) is 0.832. The first-order chi connectivity index (χ1) is 8.74. The SMILES string of the molecule is CC(Cc1cccs1)NC(=O)/C=C/c1cccs1. The van der Waals surface area contributed by atoms with E-state index in [1.165, 1.54) is 4.88 Å². The first kappa shape index (κ1) is 13.1. The van der Waals surface area contributed by atoms with Crippen molar-refractivity contribution in [1.82, 2.24) is 5.32 Å². The van der Waals surface area contributed by atoms with Crippen LogP contribution in [0.25, 0.3) is 6.08 Å². The highest BCUT2D eigenvalue weighted by Gasteiger charge is 2.06. The second kappa shape index (κ2) is 6.52. The Kier molecular flexibility index (Phi) is 4.73. The van der Waals surface area contributed by atoms with Crippen LogP contribution in [0.5, 0.6) is 0 Å². The molecule has 0 aromatic carbocycles. The van der Waals surface area contributed by atoms with Gasteiger partial charge in [-0.25, -0.2) is 0 Å². The van der Waals surface area contributed by atoms with Gasteiger partial charge < -0.3 is 5.32 Å². The van der Waals surface area contributed by atoms with E-state index in [1.54, 1.807) is 28.7 Å². The molecule has 2 rings (SSSR count). The number of nitrogens with one attached hydrogen (secondary N) is 1. The third-order valence-electron chi connectivity index (χ3n) is 2.42. The number of carbonyl (C=O) groups excluding carboxylic acids is 1. The monoisotopic (exact) mass is 277 g/mol. The molecule has 0 bridgehead atoms. The van der Waals surface area contributed by atoms with Crippen LogP contribution in [0.15, 0.2) is 41.1 Å². The largest absolute Gasteiger partial charge is 0.350 e. The van der Waals surface area contributed by atoms with Crippen LogP contribution >= 0.6 is 22.7 Å². The molecule has 0 aliphatic carbocycles. The Morgan fingerprint density at radius 1 is 1.33 bits per heavy atom. The van der Waals surface area contributed by atoms with E-state index in [4.69, 9.17) is 0 Å². The van der Waals surface area contributed by atoms with Crippen molar-refractivity contribution in [3.8, 4) is 0 Å². The molecule has 0 aliphatic heterocycles. The van der Waals surface area contributed by atoms with E-state index < -0.39 is 0 Å². The van der Waals surface area contributed by atoms with Crippen molar-refractivity contribution in [3.05, 3.63) is 50.9 Å². The summed E-state index contributed by atoms with van der Waals surface area (Å²) in [4.78, 5) is 14.1. The topological polar surface area (TPSA) is 29.1 Å². The van der Waals surface area contributed by atoms with E-state index in [0.717, 1.165) is 11.3 Å². The van der Waals surface area contributed by atoms with Gasteiger partial charge in [0.15, 0.2) is 0 Å². The average Bonchev–Trinajstić information content (AvgIpc) is 2.98. The molecule has 1 amide bonds. The summed E-state index contributed by atoms with van der Waals surface area (Å²) in [6.45, 7) is 2.02. The minimum Gasteiger partial charge on any atom is -0.350 e. The van der Waals surface area contributed by atoms with Gasteiger partial charge in [0.05, 0.1) is 0 Å². The summed E-state index contributed by atoms with van der Waals surface area (Å²) in [6.07, 6.45) is 4.32. The molecular formula is C14H15NOS2. The Labute approximate surface area is 115 Å². The molecule has 18 heavy (non-hydrogen) atoms. The number of hydrogen-bond donors (Lipinski definition) is 1. The lowest BCUT2D eigenvalue weighted by molar-refractivity contribution is -0.117. The first-order valence-electron chi connectivity index (χ1n) is 5.78. The van der Waals surface area contributed by atoms with Crippen LogP contribution in [0.2, 0.25) is 0 Å². The molecule has 0 radical (unpaired) electrons. The Morgan fingerprint density at radius 3 is 2.78 bits per heavy atom. The van der Waals surface area contributed by atoms with Crippen LogP contribution in [-0.2, 0) is 11.2 Å². The van der Waals surface area contributed by atoms with Crippen LogP contribution in [0.1, 0.15) is 16.7 Å². The van der Waals surface area contributed by atoms with E-state index >= 15 is 0 Å². The first-order valence-corrected chi connectivity index (χ1v) is 7.54. The predicted octanol–water partition coefficient (Wildman–Crippen LogP) is 3.57. The lowest BCUT2D eigenvalue weighted by Crippen LogP contribution is -2.32. The standard InChI is InChI=1S/C14H15NOS2/c1-11(10-13-5-3-9-18-13)15-14(16)7-6-12-4-2-8-17-12/h2-9,11H,10H2,1H3,(H,15,16)/b7-6+. The van der Waals surface area contributed by atoms with Crippen molar-refractivity contribution in [2.45, 2.75) is 19.4 Å². The molecular weight excluding hydrogens is 262 g/mol. The summed E-state index contributed by atoms with van der Waals surface area (Å²) >= 11 is 3.34. The Bertz CT molecular complexity index is 500. The maximum absolute atomic E-state index is 11.7. The summed E-state index contributed by atoms with van der Waals surface area (Å²) in [5.74, 6) is -0.0348. The van der Waals surface area contributed by atoms with E-state index in [-0.39, 0.29) is 11.9 Å². The smallest absolute Gasteiger partial charge is 0.244 e. The molecule has 4 heteroatoms. The van der Waals surface area contributed by atoms with Gasteiger partial charge in [0.1, 0.15) is 0 Å². The van der Waals surface area contributed by atoms with Gasteiger partial charge in [-0.3, -0.25) is 4.79 Å². The highest BCUT2D eigenvalue weighted by Crippen LogP contribution is 2.11. The van der Waals surface area contributed by atoms with Gasteiger partial charge in [0, 0.05) is 28.3 Å². The van der Waals surface area contributed by atoms with Gasteiger partial charge in [0.2, 0.25) is 5.91 Å². The molecule has 2 nitrogen and oxygen atoms in total. The van der Waals surface area contributed by atoms with Crippen molar-refractivity contribution in [1.29, 1.82) is 0 Å². The van der Waals surface area contributed by atoms with Crippen molar-refractivity contribution >= 4 is 34.7 Å². The Balaban J connectivity index is 1.80. The third-order valence-corrected chi connectivity index (χ3v) is 4.15. The maximum Gasteiger partial charge on any atom is 0.244 e. The molecule has 1 unspecified atom stereocenters. The zero-order valence-corrected chi connectivity index (χ0v) is 11.8. The summed E-state index contributed by atoms with van der Waals surface area (Å²) in [5.41, 5.74) is 0. The average molecular weight is 277 g/mol. The van der Waals surface area contributed by atoms with Gasteiger partial charge >= 0.3 is 0 Å². The molecule has 0 spiro atoms. The number of thiophene rings is 2. The summed E-state index contributed by atoms with van der Waals surface area (Å²) < 4.78 is 0. The van der Waals surface area contributed by atoms with Gasteiger partial charge in [0.25, 0.3) is 0 Å². The van der Waals surface area contributed by atoms with Gasteiger partial charge in [-0.15, -0.1) is 22.7 Å². The van der Waals surface area contributed by atoms with Crippen molar-refractivity contribution in [2.75, 3.05) is 0 Å². The zero-order chi connectivity index (χ0) is 12.8. The van der Waals surface area contributed by atoms with Crippen LogP contribution in [-0.4, -0.2) is 11.9 Å². The fourth-order valence-corrected chi connectivity index (χ4v) is 3.07. The maximum atomic E-state index is 11.7. The number of rotatable bonds is 5. The summed E-state index contributed by atoms with van der Waals surface area (Å²) in [5, 5.41) is 7.02. The molecule has 0 aliphatic rings. The zero-order valence-electron chi connectivity index (χ0n) is 10.1. The second-order valence-corrected chi connectivity index (χ2v) is 6.05. The van der Waals surface area contributed by atoms with E-state index in [9.17, 15) is 4.79 Å². The Hall–Kier alpha value is -1.39. The molecule has 1 atom stereocenters. The van der Waals surface area contributed by atoms with Gasteiger partial charge in [-0.05, 0) is 35.9 Å². The lowest BCUT2D eigenvalue weighted by Gasteiger charge is -2.10. The molecule has 0 saturated carbocycles. The molecule has 94 valence electrons. The predicted molar refractivity (Wildman–Crippen MR) is 79.0 cm³/mol. The molecule has 1 N–H and O–H groups in total. The van der Waals surface area contributed by atoms with Gasteiger partial charge in [-0.2, -0.15) is 0 Å². The third kappa shape index (κ3) is 4.13. The van der Waals surface area contributed by atoms with Crippen molar-refractivity contribution in [2.24, 2.45) is 0 Å². The second-order valence-electron chi connectivity index (χ2n) is 4.04. The lowest BCUT2D eigenvalue weighted by atomic mass is 10.2. The number of hydrogen-bond acceptors (Lipinski definition) is 3. The van der Waals surface area contributed by atoms with Gasteiger partial charge in [-0.1, -0.05) is 12.1 Å². The number of amides is 1. The minimum absolute atomic E-state index is 0.0348. The van der Waals surface area contributed by atoms with Crippen LogP contribution in [0.3, 0.4) is 0 Å². The molecule has 0 fully saturated rings. The Morgan fingerprint density at radius 2 is 2.11 bits per heavy atom. The highest BCUT2D eigenvalue weighted by molar-refractivity contribution is 7.10. The summed E-state index contributed by atoms with van der Waals surface area (Å²) in [6, 6.07) is 8.25. The van der Waals surface area contributed by atoms with E-state index in [2.05, 4.69) is 16.8 Å². The van der Waals surface area contributed by atoms with E-state index in [0.29, 0.717) is 0 Å². The molecule has 2 heterocycles. The van der Waals surface area contributed by atoms with Crippen LogP contribution in [0, 0.1) is 0 Å². The van der Waals surface area contributed by atoms with Crippen LogP contribution in [0.4, 0.5) is 0 Å². The van der Waals surface area contributed by atoms with Crippen molar-refractivity contribution < 1.29 is 4.79 Å². The molecule has 2 aromatic heterocycles. The van der Waals surface area contributed by atoms with E-state index in [1.807, 2.05) is 36.6 Å². The highest BCUT2D eigenvalue weighted by atomic mass is 32.1. The normalized spacial score (nSPS) is 12.7. The fourth-order valence-electron chi connectivity index (χ4n) is 1.62. The fraction of sp³-hybridized carbons (Fsp3) is 0.214. The molecule has 0 saturated heterocycles. The van der Waals surface area contributed by atoms with Crippen LogP contribution < -0.4 is 5.32 Å². The number of carbonyl (C=O) groups is 1. The minimum atomic E-state index is -0.0348. The van der Waals surface area contributed by atoms with Crippen molar-refractivity contribution in [3.63, 3.8) is 0 Å². The molecule has 2 aromatic rings. The summed E-state index contributed by atoms with van der Waals surface area (Å²) in [7, 11) is 0.